The summed E-state index contributed by atoms with van der Waals surface area (Å²) in [4.78, 5) is 25.8. The second-order valence-corrected chi connectivity index (χ2v) is 6.02. The van der Waals surface area contributed by atoms with Crippen molar-refractivity contribution in [2.24, 2.45) is 5.92 Å². The third-order valence-corrected chi connectivity index (χ3v) is 4.22. The fourth-order valence-electron chi connectivity index (χ4n) is 2.40. The van der Waals surface area contributed by atoms with Crippen molar-refractivity contribution in [3.8, 4) is 6.07 Å². The van der Waals surface area contributed by atoms with E-state index >= 15 is 0 Å². The standard InChI is InChI=1S/C15H25N3O3/c1-11(2)15(3,10-16)17-13(19)9-18-8-6-5-7-12(18)14(20)21-4/h11-12H,5-9H2,1-4H3,(H,17,19)/t12-,15?/m1/s1. The van der Waals surface area contributed by atoms with Gasteiger partial charge < -0.3 is 10.1 Å². The minimum Gasteiger partial charge on any atom is -0.468 e. The van der Waals surface area contributed by atoms with Gasteiger partial charge in [0.25, 0.3) is 0 Å². The molecule has 1 rings (SSSR count). The minimum absolute atomic E-state index is 0.00390. The summed E-state index contributed by atoms with van der Waals surface area (Å²) in [5.74, 6) is -0.526. The SMILES string of the molecule is COC(=O)[C@H]1CCCCN1CC(=O)NC(C)(C#N)C(C)C. The van der Waals surface area contributed by atoms with Crippen LogP contribution < -0.4 is 5.32 Å². The molecular formula is C15H25N3O3. The molecule has 6 heteroatoms. The summed E-state index contributed by atoms with van der Waals surface area (Å²) >= 11 is 0. The van der Waals surface area contributed by atoms with Crippen molar-refractivity contribution >= 4 is 11.9 Å². The van der Waals surface area contributed by atoms with Gasteiger partial charge in [-0.3, -0.25) is 14.5 Å². The van der Waals surface area contributed by atoms with E-state index in [9.17, 15) is 14.9 Å². The second-order valence-electron chi connectivity index (χ2n) is 6.02. The molecule has 0 bridgehead atoms. The van der Waals surface area contributed by atoms with Gasteiger partial charge in [-0.1, -0.05) is 20.3 Å². The number of likely N-dealkylation sites (tertiary alicyclic amines) is 1. The first-order valence-electron chi connectivity index (χ1n) is 7.38. The highest BCUT2D eigenvalue weighted by Gasteiger charge is 2.34. The van der Waals surface area contributed by atoms with E-state index in [-0.39, 0.29) is 30.4 Å². The Morgan fingerprint density at radius 2 is 2.14 bits per heavy atom. The first-order valence-corrected chi connectivity index (χ1v) is 7.38. The number of carbonyl (C=O) groups excluding carboxylic acids is 2. The zero-order valence-electron chi connectivity index (χ0n) is 13.3. The highest BCUT2D eigenvalue weighted by atomic mass is 16.5. The van der Waals surface area contributed by atoms with Crippen LogP contribution in [0.5, 0.6) is 0 Å². The number of hydrogen-bond donors (Lipinski definition) is 1. The molecule has 1 aliphatic heterocycles. The van der Waals surface area contributed by atoms with Crippen molar-refractivity contribution in [2.45, 2.75) is 51.6 Å². The van der Waals surface area contributed by atoms with Crippen molar-refractivity contribution in [2.75, 3.05) is 20.2 Å². The third-order valence-electron chi connectivity index (χ3n) is 4.22. The largest absolute Gasteiger partial charge is 0.468 e. The van der Waals surface area contributed by atoms with Crippen LogP contribution in [0.15, 0.2) is 0 Å². The predicted molar refractivity (Wildman–Crippen MR) is 78.2 cm³/mol. The van der Waals surface area contributed by atoms with Crippen LogP contribution in [0.3, 0.4) is 0 Å². The van der Waals surface area contributed by atoms with Gasteiger partial charge in [-0.05, 0) is 32.2 Å². The Labute approximate surface area is 126 Å². The normalized spacial score (nSPS) is 22.2. The smallest absolute Gasteiger partial charge is 0.323 e. The molecule has 1 saturated heterocycles. The Kier molecular flexibility index (Phi) is 6.16. The second kappa shape index (κ2) is 7.41. The van der Waals surface area contributed by atoms with Crippen molar-refractivity contribution in [1.29, 1.82) is 5.26 Å². The summed E-state index contributed by atoms with van der Waals surface area (Å²) in [5, 5.41) is 12.0. The quantitative estimate of drug-likeness (QED) is 0.767. The zero-order valence-corrected chi connectivity index (χ0v) is 13.3. The van der Waals surface area contributed by atoms with Crippen molar-refractivity contribution in [3.05, 3.63) is 0 Å². The maximum absolute atomic E-state index is 12.2. The zero-order chi connectivity index (χ0) is 16.0. The number of nitrogens with one attached hydrogen (secondary N) is 1. The highest BCUT2D eigenvalue weighted by molar-refractivity contribution is 5.81. The maximum Gasteiger partial charge on any atom is 0.323 e. The van der Waals surface area contributed by atoms with Crippen molar-refractivity contribution in [1.82, 2.24) is 10.2 Å². The molecule has 0 radical (unpaired) electrons. The van der Waals surface area contributed by atoms with Crippen molar-refractivity contribution in [3.63, 3.8) is 0 Å². The van der Waals surface area contributed by atoms with Crippen LogP contribution >= 0.6 is 0 Å². The van der Waals surface area contributed by atoms with E-state index in [1.165, 1.54) is 7.11 Å². The molecule has 0 aromatic rings. The van der Waals surface area contributed by atoms with Gasteiger partial charge in [-0.15, -0.1) is 0 Å². The molecule has 0 aromatic heterocycles. The van der Waals surface area contributed by atoms with E-state index in [2.05, 4.69) is 11.4 Å². The molecule has 1 amide bonds. The van der Waals surface area contributed by atoms with E-state index in [4.69, 9.17) is 4.74 Å². The Morgan fingerprint density at radius 3 is 2.67 bits per heavy atom. The van der Waals surface area contributed by atoms with Crippen LogP contribution in [0.4, 0.5) is 0 Å². The number of nitrogens with zero attached hydrogens (tertiary/aromatic N) is 2. The van der Waals surface area contributed by atoms with E-state index in [1.807, 2.05) is 18.7 Å². The monoisotopic (exact) mass is 295 g/mol. The number of ether oxygens (including phenoxy) is 1. The topological polar surface area (TPSA) is 82.4 Å². The lowest BCUT2D eigenvalue weighted by Gasteiger charge is -2.34. The molecular weight excluding hydrogens is 270 g/mol. The van der Waals surface area contributed by atoms with Gasteiger partial charge in [0.1, 0.15) is 11.6 Å². The molecule has 1 fully saturated rings. The van der Waals surface area contributed by atoms with E-state index in [1.54, 1.807) is 6.92 Å². The summed E-state index contributed by atoms with van der Waals surface area (Å²) in [6, 6.07) is 1.79. The van der Waals surface area contributed by atoms with Crippen LogP contribution in [0.25, 0.3) is 0 Å². The maximum atomic E-state index is 12.2. The Balaban J connectivity index is 2.68. The van der Waals surface area contributed by atoms with Crippen LogP contribution in [0, 0.1) is 17.2 Å². The molecule has 2 atom stereocenters. The minimum atomic E-state index is -0.895. The Hall–Kier alpha value is -1.61. The fraction of sp³-hybridized carbons (Fsp3) is 0.800. The van der Waals surface area contributed by atoms with Gasteiger partial charge in [-0.2, -0.15) is 5.26 Å². The van der Waals surface area contributed by atoms with Gasteiger partial charge in [0.2, 0.25) is 5.91 Å². The number of methoxy groups -OCH3 is 1. The average Bonchev–Trinajstić information content (AvgIpc) is 2.46. The number of rotatable bonds is 5. The van der Waals surface area contributed by atoms with Gasteiger partial charge in [0.05, 0.1) is 19.7 Å². The van der Waals surface area contributed by atoms with Crippen LogP contribution in [-0.4, -0.2) is 48.6 Å². The first-order chi connectivity index (χ1) is 9.84. The number of piperidine rings is 1. The molecule has 0 spiro atoms. The molecule has 21 heavy (non-hydrogen) atoms. The van der Waals surface area contributed by atoms with Crippen molar-refractivity contribution < 1.29 is 14.3 Å². The molecule has 0 aliphatic carbocycles. The number of esters is 1. The lowest BCUT2D eigenvalue weighted by atomic mass is 9.90. The summed E-state index contributed by atoms with van der Waals surface area (Å²) in [6.45, 7) is 6.30. The molecule has 1 N–H and O–H groups in total. The highest BCUT2D eigenvalue weighted by Crippen LogP contribution is 2.19. The molecule has 6 nitrogen and oxygen atoms in total. The molecule has 0 saturated carbocycles. The number of amides is 1. The van der Waals surface area contributed by atoms with Crippen LogP contribution in [-0.2, 0) is 14.3 Å². The van der Waals surface area contributed by atoms with Gasteiger partial charge in [0, 0.05) is 0 Å². The Bertz CT molecular complexity index is 430. The molecule has 1 aliphatic rings. The first kappa shape index (κ1) is 17.4. The predicted octanol–water partition coefficient (Wildman–Crippen LogP) is 1.07. The third kappa shape index (κ3) is 4.43. The van der Waals surface area contributed by atoms with Gasteiger partial charge in [0.15, 0.2) is 0 Å². The van der Waals surface area contributed by atoms with Crippen LogP contribution in [0.1, 0.15) is 40.0 Å². The fourth-order valence-corrected chi connectivity index (χ4v) is 2.40. The average molecular weight is 295 g/mol. The van der Waals surface area contributed by atoms with Gasteiger partial charge >= 0.3 is 5.97 Å². The summed E-state index contributed by atoms with van der Waals surface area (Å²) < 4.78 is 4.80. The Morgan fingerprint density at radius 1 is 1.48 bits per heavy atom. The number of hydrogen-bond acceptors (Lipinski definition) is 5. The van der Waals surface area contributed by atoms with E-state index in [0.717, 1.165) is 12.8 Å². The molecule has 118 valence electrons. The summed E-state index contributed by atoms with van der Waals surface area (Å²) in [6.07, 6.45) is 2.62. The summed E-state index contributed by atoms with van der Waals surface area (Å²) in [7, 11) is 1.36. The number of carbonyl (C=O) groups is 2. The van der Waals surface area contributed by atoms with E-state index in [0.29, 0.717) is 13.0 Å². The lowest BCUT2D eigenvalue weighted by molar-refractivity contribution is -0.148. The molecule has 1 heterocycles. The lowest BCUT2D eigenvalue weighted by Crippen LogP contribution is -2.54. The van der Waals surface area contributed by atoms with E-state index < -0.39 is 5.54 Å². The van der Waals surface area contributed by atoms with Gasteiger partial charge in [-0.25, -0.2) is 0 Å². The molecule has 1 unspecified atom stereocenters. The molecule has 0 aromatic carbocycles. The van der Waals surface area contributed by atoms with Crippen LogP contribution in [0.2, 0.25) is 0 Å². The summed E-state index contributed by atoms with van der Waals surface area (Å²) in [5.41, 5.74) is -0.895. The number of nitriles is 1.